The van der Waals surface area contributed by atoms with E-state index in [-0.39, 0.29) is 11.6 Å². The van der Waals surface area contributed by atoms with Crippen molar-refractivity contribution in [2.24, 2.45) is 4.99 Å². The van der Waals surface area contributed by atoms with Crippen LogP contribution in [-0.4, -0.2) is 39.2 Å². The Morgan fingerprint density at radius 3 is 2.33 bits per heavy atom. The van der Waals surface area contributed by atoms with E-state index in [4.69, 9.17) is 14.2 Å². The van der Waals surface area contributed by atoms with Crippen LogP contribution in [0.1, 0.15) is 21.5 Å². The molecule has 0 amide bonds. The van der Waals surface area contributed by atoms with Crippen molar-refractivity contribution in [2.45, 2.75) is 0 Å². The molecule has 0 unspecified atom stereocenters. The molecule has 0 spiro atoms. The normalized spacial score (nSPS) is 14.6. The van der Waals surface area contributed by atoms with E-state index in [1.807, 2.05) is 0 Å². The van der Waals surface area contributed by atoms with Crippen LogP contribution in [0, 0.1) is 0 Å². The Bertz CT molecular complexity index is 943. The molecule has 1 aliphatic rings. The van der Waals surface area contributed by atoms with Gasteiger partial charge in [0, 0.05) is 5.56 Å². The highest BCUT2D eigenvalue weighted by molar-refractivity contribution is 6.13. The molecule has 7 nitrogen and oxygen atoms in total. The van der Waals surface area contributed by atoms with Crippen LogP contribution in [0.2, 0.25) is 0 Å². The molecule has 1 aliphatic heterocycles. The summed E-state index contributed by atoms with van der Waals surface area (Å²) in [6.07, 6.45) is 1.58. The maximum Gasteiger partial charge on any atom is 0.363 e. The molecule has 27 heavy (non-hydrogen) atoms. The molecule has 2 aromatic rings. The third-order valence-corrected chi connectivity index (χ3v) is 3.89. The van der Waals surface area contributed by atoms with E-state index in [0.717, 1.165) is 0 Å². The lowest BCUT2D eigenvalue weighted by Gasteiger charge is -2.08. The van der Waals surface area contributed by atoms with Crippen LogP contribution >= 0.6 is 0 Å². The number of hydrogen-bond donors (Lipinski definition) is 0. The monoisotopic (exact) mass is 367 g/mol. The number of benzene rings is 2. The second-order valence-corrected chi connectivity index (χ2v) is 5.52. The van der Waals surface area contributed by atoms with Gasteiger partial charge < -0.3 is 18.9 Å². The van der Waals surface area contributed by atoms with Crippen LogP contribution in [0.25, 0.3) is 6.08 Å². The largest absolute Gasteiger partial charge is 0.493 e. The van der Waals surface area contributed by atoms with Crippen molar-refractivity contribution < 1.29 is 28.5 Å². The van der Waals surface area contributed by atoms with Crippen LogP contribution in [0.3, 0.4) is 0 Å². The van der Waals surface area contributed by atoms with E-state index >= 15 is 0 Å². The van der Waals surface area contributed by atoms with Crippen LogP contribution in [0.4, 0.5) is 0 Å². The summed E-state index contributed by atoms with van der Waals surface area (Å²) in [6, 6.07) is 11.7. The Labute approximate surface area is 155 Å². The maximum atomic E-state index is 12.1. The minimum Gasteiger partial charge on any atom is -0.493 e. The molecule has 0 aliphatic carbocycles. The van der Waals surface area contributed by atoms with E-state index < -0.39 is 11.9 Å². The van der Waals surface area contributed by atoms with Crippen molar-refractivity contribution in [2.75, 3.05) is 21.3 Å². The van der Waals surface area contributed by atoms with Crippen molar-refractivity contribution in [1.82, 2.24) is 0 Å². The number of ether oxygens (including phenoxy) is 4. The molecule has 7 heteroatoms. The van der Waals surface area contributed by atoms with Crippen LogP contribution in [-0.2, 0) is 14.3 Å². The standard InChI is InChI=1S/C20H17NO6/c1-24-16-9-8-14(11-17(16)25-2)18-21-15(20(23)27-18)10-12-4-6-13(7-5-12)19(22)26-3/h4-11H,1-3H3. The predicted octanol–water partition coefficient (Wildman–Crippen LogP) is 2.83. The van der Waals surface area contributed by atoms with Gasteiger partial charge in [-0.1, -0.05) is 12.1 Å². The molecule has 0 saturated heterocycles. The predicted molar refractivity (Wildman–Crippen MR) is 97.9 cm³/mol. The van der Waals surface area contributed by atoms with Crippen LogP contribution in [0.5, 0.6) is 11.5 Å². The van der Waals surface area contributed by atoms with E-state index in [1.165, 1.54) is 21.3 Å². The molecule has 0 saturated carbocycles. The molecule has 0 radical (unpaired) electrons. The lowest BCUT2D eigenvalue weighted by atomic mass is 10.1. The van der Waals surface area contributed by atoms with E-state index in [9.17, 15) is 9.59 Å². The molecule has 1 heterocycles. The van der Waals surface area contributed by atoms with Gasteiger partial charge in [-0.3, -0.25) is 0 Å². The lowest BCUT2D eigenvalue weighted by Crippen LogP contribution is -2.06. The summed E-state index contributed by atoms with van der Waals surface area (Å²) in [7, 11) is 4.38. The average Bonchev–Trinajstić information content (AvgIpc) is 3.07. The quantitative estimate of drug-likeness (QED) is 0.597. The van der Waals surface area contributed by atoms with Crippen LogP contribution < -0.4 is 9.47 Å². The van der Waals surface area contributed by atoms with Gasteiger partial charge in [0.05, 0.1) is 26.9 Å². The second-order valence-electron chi connectivity index (χ2n) is 5.52. The summed E-state index contributed by atoms with van der Waals surface area (Å²) in [5.41, 5.74) is 1.87. The number of rotatable bonds is 5. The molecule has 0 atom stereocenters. The van der Waals surface area contributed by atoms with Crippen molar-refractivity contribution in [1.29, 1.82) is 0 Å². The molecule has 3 rings (SSSR count). The highest BCUT2D eigenvalue weighted by atomic mass is 16.6. The number of methoxy groups -OCH3 is 3. The number of cyclic esters (lactones) is 1. The lowest BCUT2D eigenvalue weighted by molar-refractivity contribution is -0.129. The van der Waals surface area contributed by atoms with Crippen molar-refractivity contribution in [3.63, 3.8) is 0 Å². The fourth-order valence-corrected chi connectivity index (χ4v) is 2.49. The average molecular weight is 367 g/mol. The zero-order chi connectivity index (χ0) is 19.4. The zero-order valence-corrected chi connectivity index (χ0v) is 15.0. The third kappa shape index (κ3) is 3.82. The minimum absolute atomic E-state index is 0.158. The Hall–Kier alpha value is -3.61. The highest BCUT2D eigenvalue weighted by Gasteiger charge is 2.25. The van der Waals surface area contributed by atoms with E-state index in [2.05, 4.69) is 9.73 Å². The molecule has 0 bridgehead atoms. The smallest absolute Gasteiger partial charge is 0.363 e. The molecule has 0 fully saturated rings. The number of hydrogen-bond acceptors (Lipinski definition) is 7. The number of carbonyl (C=O) groups excluding carboxylic acids is 2. The van der Waals surface area contributed by atoms with Crippen molar-refractivity contribution >= 4 is 23.9 Å². The number of nitrogens with zero attached hydrogens (tertiary/aromatic N) is 1. The number of carbonyl (C=O) groups is 2. The van der Waals surface area contributed by atoms with Gasteiger partial charge in [-0.2, -0.15) is 0 Å². The van der Waals surface area contributed by atoms with Gasteiger partial charge in [-0.15, -0.1) is 0 Å². The Kier molecular flexibility index (Phi) is 5.21. The first kappa shape index (κ1) is 18.2. The molecule has 0 N–H and O–H groups in total. The SMILES string of the molecule is COC(=O)c1ccc(C=C2N=C(c3ccc(OC)c(OC)c3)OC2=O)cc1. The first-order valence-corrected chi connectivity index (χ1v) is 7.99. The van der Waals surface area contributed by atoms with Gasteiger partial charge >= 0.3 is 11.9 Å². The third-order valence-electron chi connectivity index (χ3n) is 3.89. The molecule has 0 aromatic heterocycles. The van der Waals surface area contributed by atoms with Gasteiger partial charge in [0.15, 0.2) is 17.2 Å². The first-order valence-electron chi connectivity index (χ1n) is 7.99. The minimum atomic E-state index is -0.558. The van der Waals surface area contributed by atoms with Crippen molar-refractivity contribution in [3.05, 3.63) is 64.9 Å². The number of esters is 2. The fourth-order valence-electron chi connectivity index (χ4n) is 2.49. The second kappa shape index (κ2) is 7.74. The summed E-state index contributed by atoms with van der Waals surface area (Å²) in [5.74, 6) is 0.260. The van der Waals surface area contributed by atoms with Gasteiger partial charge in [0.25, 0.3) is 0 Å². The van der Waals surface area contributed by atoms with Gasteiger partial charge in [-0.25, -0.2) is 14.6 Å². The Balaban J connectivity index is 1.88. The zero-order valence-electron chi connectivity index (χ0n) is 15.0. The summed E-state index contributed by atoms with van der Waals surface area (Å²) in [4.78, 5) is 27.8. The maximum absolute atomic E-state index is 12.1. The number of aliphatic imine (C=N–C) groups is 1. The summed E-state index contributed by atoms with van der Waals surface area (Å²) in [5, 5.41) is 0. The summed E-state index contributed by atoms with van der Waals surface area (Å²) >= 11 is 0. The fraction of sp³-hybridized carbons (Fsp3) is 0.150. The Morgan fingerprint density at radius 1 is 1.00 bits per heavy atom. The van der Waals surface area contributed by atoms with Gasteiger partial charge in [0.1, 0.15) is 0 Å². The molecule has 138 valence electrons. The van der Waals surface area contributed by atoms with Gasteiger partial charge in [-0.05, 0) is 42.0 Å². The highest BCUT2D eigenvalue weighted by Crippen LogP contribution is 2.29. The van der Waals surface area contributed by atoms with Crippen molar-refractivity contribution in [3.8, 4) is 11.5 Å². The van der Waals surface area contributed by atoms with E-state index in [0.29, 0.717) is 28.2 Å². The van der Waals surface area contributed by atoms with E-state index in [1.54, 1.807) is 48.5 Å². The topological polar surface area (TPSA) is 83.4 Å². The van der Waals surface area contributed by atoms with Crippen LogP contribution in [0.15, 0.2) is 53.2 Å². The molecular weight excluding hydrogens is 350 g/mol. The Morgan fingerprint density at radius 2 is 1.70 bits per heavy atom. The first-order chi connectivity index (χ1) is 13.0. The summed E-state index contributed by atoms with van der Waals surface area (Å²) < 4.78 is 20.4. The summed E-state index contributed by atoms with van der Waals surface area (Å²) in [6.45, 7) is 0. The van der Waals surface area contributed by atoms with Gasteiger partial charge in [0.2, 0.25) is 5.90 Å². The molecular formula is C20H17NO6. The molecule has 2 aromatic carbocycles.